The normalized spacial score (nSPS) is 14.8. The Kier molecular flexibility index (Phi) is 5.87. The summed E-state index contributed by atoms with van der Waals surface area (Å²) in [7, 11) is -1.55. The van der Waals surface area contributed by atoms with Crippen molar-refractivity contribution in [3.8, 4) is 11.1 Å². The van der Waals surface area contributed by atoms with Gasteiger partial charge in [-0.1, -0.05) is 35.9 Å². The number of benzene rings is 3. The molecule has 4 nitrogen and oxygen atoms in total. The first kappa shape index (κ1) is 20.9. The van der Waals surface area contributed by atoms with E-state index in [0.29, 0.717) is 10.7 Å². The van der Waals surface area contributed by atoms with E-state index < -0.39 is 10.0 Å². The van der Waals surface area contributed by atoms with Gasteiger partial charge in [0.15, 0.2) is 0 Å². The largest absolute Gasteiger partial charge is 0.306 e. The summed E-state index contributed by atoms with van der Waals surface area (Å²) in [6.07, 6.45) is 1.92. The third-order valence-electron chi connectivity index (χ3n) is 5.65. The molecule has 0 atom stereocenters. The summed E-state index contributed by atoms with van der Waals surface area (Å²) in [6.45, 7) is 3.92. The lowest BCUT2D eigenvalue weighted by molar-refractivity contribution is 0.352. The molecule has 0 unspecified atom stereocenters. The van der Waals surface area contributed by atoms with Crippen LogP contribution in [0.2, 0.25) is 5.02 Å². The number of anilines is 1. The molecule has 0 radical (unpaired) electrons. The van der Waals surface area contributed by atoms with Crippen LogP contribution in [0.5, 0.6) is 0 Å². The van der Waals surface area contributed by atoms with Crippen LogP contribution in [0.3, 0.4) is 0 Å². The van der Waals surface area contributed by atoms with Crippen molar-refractivity contribution in [2.45, 2.75) is 24.7 Å². The predicted molar refractivity (Wildman–Crippen MR) is 124 cm³/mol. The maximum Gasteiger partial charge on any atom is 0.261 e. The minimum atomic E-state index is -3.67. The Labute approximate surface area is 183 Å². The van der Waals surface area contributed by atoms with Crippen LogP contribution in [0.25, 0.3) is 11.1 Å². The van der Waals surface area contributed by atoms with Gasteiger partial charge in [-0.3, -0.25) is 4.72 Å². The number of likely N-dealkylation sites (N-methyl/N-ethyl adjacent to an activating group) is 1. The number of nitrogens with zero attached hydrogens (tertiary/aromatic N) is 1. The highest BCUT2D eigenvalue weighted by Gasteiger charge is 2.18. The maximum absolute atomic E-state index is 13.0. The molecule has 6 heteroatoms. The van der Waals surface area contributed by atoms with Crippen molar-refractivity contribution in [3.63, 3.8) is 0 Å². The number of fused-ring (bicyclic) bond motifs is 1. The fourth-order valence-corrected chi connectivity index (χ4v) is 5.13. The van der Waals surface area contributed by atoms with Gasteiger partial charge in [0, 0.05) is 23.8 Å². The Hall–Kier alpha value is -2.34. The number of aryl methyl sites for hydroxylation is 1. The van der Waals surface area contributed by atoms with Crippen LogP contribution < -0.4 is 4.72 Å². The van der Waals surface area contributed by atoms with E-state index in [1.54, 1.807) is 12.1 Å². The Balaban J connectivity index is 1.58. The van der Waals surface area contributed by atoms with Gasteiger partial charge in [-0.15, -0.1) is 0 Å². The van der Waals surface area contributed by atoms with Crippen LogP contribution in [0, 0.1) is 6.92 Å². The number of sulfonamides is 1. The molecule has 0 fully saturated rings. The molecule has 3 aromatic carbocycles. The predicted octanol–water partition coefficient (Wildman–Crippen LogP) is 5.15. The SMILES string of the molecule is Cc1cc(S(=O)(=O)Nc2ccc3c(c2)CCN(C)CC3)ccc1-c1ccc(Cl)cc1. The van der Waals surface area contributed by atoms with Gasteiger partial charge < -0.3 is 4.90 Å². The Morgan fingerprint density at radius 2 is 1.60 bits per heavy atom. The van der Waals surface area contributed by atoms with Gasteiger partial charge in [-0.25, -0.2) is 8.42 Å². The molecule has 0 aromatic heterocycles. The van der Waals surface area contributed by atoms with Gasteiger partial charge in [0.25, 0.3) is 10.0 Å². The van der Waals surface area contributed by atoms with Crippen molar-refractivity contribution >= 4 is 27.3 Å². The van der Waals surface area contributed by atoms with Crippen molar-refractivity contribution in [3.05, 3.63) is 82.4 Å². The smallest absolute Gasteiger partial charge is 0.261 e. The molecule has 0 saturated carbocycles. The molecule has 0 bridgehead atoms. The van der Waals surface area contributed by atoms with Crippen LogP contribution >= 0.6 is 11.6 Å². The minimum Gasteiger partial charge on any atom is -0.306 e. The van der Waals surface area contributed by atoms with Crippen LogP contribution in [0.4, 0.5) is 5.69 Å². The molecule has 30 heavy (non-hydrogen) atoms. The van der Waals surface area contributed by atoms with Crippen molar-refractivity contribution in [1.82, 2.24) is 4.90 Å². The zero-order chi connectivity index (χ0) is 21.3. The summed E-state index contributed by atoms with van der Waals surface area (Å²) in [5.74, 6) is 0. The maximum atomic E-state index is 13.0. The van der Waals surface area contributed by atoms with Crippen LogP contribution in [-0.2, 0) is 22.9 Å². The second-order valence-corrected chi connectivity index (χ2v) is 9.99. The van der Waals surface area contributed by atoms with Gasteiger partial charge in [0.05, 0.1) is 4.90 Å². The topological polar surface area (TPSA) is 49.4 Å². The zero-order valence-corrected chi connectivity index (χ0v) is 18.7. The quantitative estimate of drug-likeness (QED) is 0.610. The molecule has 1 aliphatic heterocycles. The van der Waals surface area contributed by atoms with Gasteiger partial charge in [0.1, 0.15) is 0 Å². The van der Waals surface area contributed by atoms with E-state index in [1.165, 1.54) is 11.1 Å². The number of rotatable bonds is 4. The fraction of sp³-hybridized carbons (Fsp3) is 0.250. The first-order valence-corrected chi connectivity index (χ1v) is 11.9. The number of hydrogen-bond acceptors (Lipinski definition) is 3. The van der Waals surface area contributed by atoms with E-state index in [4.69, 9.17) is 11.6 Å². The van der Waals surface area contributed by atoms with E-state index in [2.05, 4.69) is 16.7 Å². The third-order valence-corrected chi connectivity index (χ3v) is 7.28. The molecule has 0 aliphatic carbocycles. The van der Waals surface area contributed by atoms with Crippen molar-refractivity contribution in [2.24, 2.45) is 0 Å². The Morgan fingerprint density at radius 3 is 2.30 bits per heavy atom. The summed E-state index contributed by atoms with van der Waals surface area (Å²) in [5, 5.41) is 0.673. The standard InChI is InChI=1S/C24H25ClN2O2S/c1-17-15-23(9-10-24(17)19-3-6-21(25)7-4-19)30(28,29)26-22-8-5-18-11-13-27(2)14-12-20(18)16-22/h3-10,15-16,26H,11-14H2,1-2H3. The zero-order valence-electron chi connectivity index (χ0n) is 17.2. The summed E-state index contributed by atoms with van der Waals surface area (Å²) in [6, 6.07) is 18.6. The molecule has 1 N–H and O–H groups in total. The molecule has 3 aromatic rings. The summed E-state index contributed by atoms with van der Waals surface area (Å²) >= 11 is 5.97. The number of nitrogens with one attached hydrogen (secondary N) is 1. The molecule has 1 heterocycles. The molecule has 4 rings (SSSR count). The summed E-state index contributed by atoms with van der Waals surface area (Å²) < 4.78 is 28.7. The van der Waals surface area contributed by atoms with E-state index in [0.717, 1.165) is 42.6 Å². The highest BCUT2D eigenvalue weighted by molar-refractivity contribution is 7.92. The minimum absolute atomic E-state index is 0.257. The molecule has 0 spiro atoms. The second-order valence-electron chi connectivity index (χ2n) is 7.88. The number of halogens is 1. The summed E-state index contributed by atoms with van der Waals surface area (Å²) in [4.78, 5) is 2.56. The van der Waals surface area contributed by atoms with E-state index >= 15 is 0 Å². The fourth-order valence-electron chi connectivity index (χ4n) is 3.87. The Morgan fingerprint density at radius 1 is 0.900 bits per heavy atom. The third kappa shape index (κ3) is 4.53. The van der Waals surface area contributed by atoms with Crippen molar-refractivity contribution < 1.29 is 8.42 Å². The lowest BCUT2D eigenvalue weighted by atomic mass is 10.0. The van der Waals surface area contributed by atoms with E-state index in [9.17, 15) is 8.42 Å². The van der Waals surface area contributed by atoms with Gasteiger partial charge in [-0.05, 0) is 91.0 Å². The monoisotopic (exact) mass is 440 g/mol. The second kappa shape index (κ2) is 8.42. The number of hydrogen-bond donors (Lipinski definition) is 1. The molecular weight excluding hydrogens is 416 g/mol. The first-order chi connectivity index (χ1) is 14.3. The van der Waals surface area contributed by atoms with Gasteiger partial charge in [0.2, 0.25) is 0 Å². The van der Waals surface area contributed by atoms with Crippen LogP contribution in [0.15, 0.2) is 65.6 Å². The Bertz CT molecular complexity index is 1170. The average Bonchev–Trinajstić information content (AvgIpc) is 2.90. The lowest BCUT2D eigenvalue weighted by Crippen LogP contribution is -2.20. The molecular formula is C24H25ClN2O2S. The van der Waals surface area contributed by atoms with Crippen molar-refractivity contribution in [1.29, 1.82) is 0 Å². The van der Waals surface area contributed by atoms with Crippen LogP contribution in [0.1, 0.15) is 16.7 Å². The molecule has 156 valence electrons. The molecule has 1 aliphatic rings. The molecule has 0 saturated heterocycles. The summed E-state index contributed by atoms with van der Waals surface area (Å²) in [5.41, 5.74) is 6.01. The van der Waals surface area contributed by atoms with Gasteiger partial charge in [-0.2, -0.15) is 0 Å². The highest BCUT2D eigenvalue weighted by Crippen LogP contribution is 2.28. The lowest BCUT2D eigenvalue weighted by Gasteiger charge is -2.13. The first-order valence-electron chi connectivity index (χ1n) is 10.0. The molecule has 0 amide bonds. The highest BCUT2D eigenvalue weighted by atomic mass is 35.5. The van der Waals surface area contributed by atoms with Gasteiger partial charge >= 0.3 is 0 Å². The average molecular weight is 441 g/mol. The van der Waals surface area contributed by atoms with E-state index in [-0.39, 0.29) is 4.90 Å². The van der Waals surface area contributed by atoms with Crippen LogP contribution in [-0.4, -0.2) is 33.5 Å². The van der Waals surface area contributed by atoms with E-state index in [1.807, 2.05) is 55.5 Å². The van der Waals surface area contributed by atoms with Crippen molar-refractivity contribution in [2.75, 3.05) is 24.9 Å².